The van der Waals surface area contributed by atoms with E-state index in [-0.39, 0.29) is 6.04 Å². The Labute approximate surface area is 141 Å². The molecule has 2 aromatic rings. The molecule has 1 saturated heterocycles. The number of hydrogen-bond donors (Lipinski definition) is 1. The molecule has 4 rings (SSSR count). The van der Waals surface area contributed by atoms with Gasteiger partial charge in [0.05, 0.1) is 24.9 Å². The number of nitrogens with one attached hydrogen (secondary N) is 1. The highest BCUT2D eigenvalue weighted by molar-refractivity contribution is 5.35. The van der Waals surface area contributed by atoms with Crippen LogP contribution in [0.3, 0.4) is 0 Å². The highest BCUT2D eigenvalue weighted by Gasteiger charge is 2.28. The average molecular weight is 329 g/mol. The van der Waals surface area contributed by atoms with Gasteiger partial charge >= 0.3 is 0 Å². The number of nitrogens with zero attached hydrogens (tertiary/aromatic N) is 4. The number of rotatable bonds is 5. The van der Waals surface area contributed by atoms with Crippen molar-refractivity contribution in [1.29, 1.82) is 0 Å². The van der Waals surface area contributed by atoms with Gasteiger partial charge in [0.25, 0.3) is 0 Å². The van der Waals surface area contributed by atoms with Gasteiger partial charge in [-0.25, -0.2) is 9.97 Å². The van der Waals surface area contributed by atoms with Crippen molar-refractivity contribution >= 4 is 5.82 Å². The quantitative estimate of drug-likeness (QED) is 0.902. The molecule has 2 aromatic heterocycles. The Bertz CT molecular complexity index is 685. The minimum atomic E-state index is 0.0406. The van der Waals surface area contributed by atoms with Gasteiger partial charge in [-0.3, -0.25) is 4.90 Å². The number of anilines is 1. The summed E-state index contributed by atoms with van der Waals surface area (Å²) in [5, 5.41) is 7.59. The Balaban J connectivity index is 1.50. The van der Waals surface area contributed by atoms with Gasteiger partial charge in [0, 0.05) is 31.4 Å². The van der Waals surface area contributed by atoms with E-state index in [1.807, 2.05) is 25.3 Å². The SMILES string of the molecule is Cc1cc(CN2CCOC[C@H]2c2nccc(NC3CCC3)n2)no1. The first-order valence-electron chi connectivity index (χ1n) is 8.61. The summed E-state index contributed by atoms with van der Waals surface area (Å²) in [6.07, 6.45) is 5.58. The fourth-order valence-electron chi connectivity index (χ4n) is 3.14. The smallest absolute Gasteiger partial charge is 0.150 e. The Morgan fingerprint density at radius 3 is 3.04 bits per heavy atom. The van der Waals surface area contributed by atoms with Crippen LogP contribution in [0.2, 0.25) is 0 Å². The molecule has 1 N–H and O–H groups in total. The summed E-state index contributed by atoms with van der Waals surface area (Å²) < 4.78 is 10.9. The lowest BCUT2D eigenvalue weighted by atomic mass is 9.93. The third-order valence-electron chi connectivity index (χ3n) is 4.71. The molecular formula is C17H23N5O2. The highest BCUT2D eigenvalue weighted by Crippen LogP contribution is 2.26. The Kier molecular flexibility index (Phi) is 4.44. The fraction of sp³-hybridized carbons (Fsp3) is 0.588. The second-order valence-electron chi connectivity index (χ2n) is 6.56. The minimum Gasteiger partial charge on any atom is -0.378 e. The zero-order chi connectivity index (χ0) is 16.4. The van der Waals surface area contributed by atoms with Gasteiger partial charge in [-0.2, -0.15) is 0 Å². The summed E-state index contributed by atoms with van der Waals surface area (Å²) >= 11 is 0. The third-order valence-corrected chi connectivity index (χ3v) is 4.71. The van der Waals surface area contributed by atoms with E-state index in [0.29, 0.717) is 19.3 Å². The average Bonchev–Trinajstić information content (AvgIpc) is 2.97. The first-order chi connectivity index (χ1) is 11.8. The van der Waals surface area contributed by atoms with E-state index < -0.39 is 0 Å². The lowest BCUT2D eigenvalue weighted by molar-refractivity contribution is -0.0167. The molecule has 1 atom stereocenters. The molecule has 2 fully saturated rings. The molecule has 0 aromatic carbocycles. The molecule has 0 spiro atoms. The number of ether oxygens (including phenoxy) is 1. The van der Waals surface area contributed by atoms with E-state index in [2.05, 4.69) is 20.4 Å². The summed E-state index contributed by atoms with van der Waals surface area (Å²) in [5.41, 5.74) is 0.933. The Morgan fingerprint density at radius 1 is 1.38 bits per heavy atom. The van der Waals surface area contributed by atoms with Crippen LogP contribution in [0.25, 0.3) is 0 Å². The Hall–Kier alpha value is -1.99. The van der Waals surface area contributed by atoms with Crippen molar-refractivity contribution in [3.63, 3.8) is 0 Å². The summed E-state index contributed by atoms with van der Waals surface area (Å²) in [6, 6.07) is 4.52. The van der Waals surface area contributed by atoms with Crippen molar-refractivity contribution in [2.75, 3.05) is 25.1 Å². The van der Waals surface area contributed by atoms with Crippen molar-refractivity contribution in [1.82, 2.24) is 20.0 Å². The van der Waals surface area contributed by atoms with E-state index in [9.17, 15) is 0 Å². The topological polar surface area (TPSA) is 76.3 Å². The predicted molar refractivity (Wildman–Crippen MR) is 88.5 cm³/mol. The molecule has 1 aliphatic heterocycles. The molecule has 1 saturated carbocycles. The molecule has 7 heteroatoms. The van der Waals surface area contributed by atoms with Crippen LogP contribution >= 0.6 is 0 Å². The van der Waals surface area contributed by atoms with Crippen LogP contribution in [0.1, 0.15) is 42.6 Å². The second kappa shape index (κ2) is 6.86. The molecule has 128 valence electrons. The van der Waals surface area contributed by atoms with Crippen LogP contribution in [-0.4, -0.2) is 45.8 Å². The van der Waals surface area contributed by atoms with Crippen LogP contribution in [0.15, 0.2) is 22.9 Å². The van der Waals surface area contributed by atoms with E-state index >= 15 is 0 Å². The number of aromatic nitrogens is 3. The maximum Gasteiger partial charge on any atom is 0.150 e. The van der Waals surface area contributed by atoms with Gasteiger partial charge in [-0.1, -0.05) is 5.16 Å². The van der Waals surface area contributed by atoms with Crippen LogP contribution in [0.5, 0.6) is 0 Å². The van der Waals surface area contributed by atoms with Gasteiger partial charge in [0.2, 0.25) is 0 Å². The fourth-order valence-corrected chi connectivity index (χ4v) is 3.14. The van der Waals surface area contributed by atoms with Crippen LogP contribution in [-0.2, 0) is 11.3 Å². The van der Waals surface area contributed by atoms with Crippen LogP contribution < -0.4 is 5.32 Å². The zero-order valence-electron chi connectivity index (χ0n) is 13.9. The molecule has 0 radical (unpaired) electrons. The normalized spacial score (nSPS) is 22.3. The monoisotopic (exact) mass is 329 g/mol. The van der Waals surface area contributed by atoms with Crippen molar-refractivity contribution in [2.45, 2.75) is 44.8 Å². The summed E-state index contributed by atoms with van der Waals surface area (Å²) in [6.45, 7) is 4.78. The summed E-state index contributed by atoms with van der Waals surface area (Å²) in [7, 11) is 0. The number of morpholine rings is 1. The van der Waals surface area contributed by atoms with Gasteiger partial charge in [-0.05, 0) is 32.3 Å². The van der Waals surface area contributed by atoms with E-state index in [4.69, 9.17) is 14.2 Å². The lowest BCUT2D eigenvalue weighted by Crippen LogP contribution is -2.40. The van der Waals surface area contributed by atoms with Gasteiger partial charge in [0.1, 0.15) is 17.4 Å². The second-order valence-corrected chi connectivity index (χ2v) is 6.56. The van der Waals surface area contributed by atoms with Gasteiger partial charge < -0.3 is 14.6 Å². The van der Waals surface area contributed by atoms with E-state index in [0.717, 1.165) is 36.2 Å². The van der Waals surface area contributed by atoms with Crippen molar-refractivity contribution in [3.8, 4) is 0 Å². The lowest BCUT2D eigenvalue weighted by Gasteiger charge is -2.34. The molecule has 0 unspecified atom stereocenters. The van der Waals surface area contributed by atoms with Crippen LogP contribution in [0, 0.1) is 6.92 Å². The minimum absolute atomic E-state index is 0.0406. The molecular weight excluding hydrogens is 306 g/mol. The van der Waals surface area contributed by atoms with Crippen molar-refractivity contribution in [3.05, 3.63) is 35.6 Å². The first kappa shape index (κ1) is 15.5. The summed E-state index contributed by atoms with van der Waals surface area (Å²) in [5.74, 6) is 2.55. The van der Waals surface area contributed by atoms with E-state index in [1.54, 1.807) is 0 Å². The maximum absolute atomic E-state index is 5.68. The van der Waals surface area contributed by atoms with Gasteiger partial charge in [0.15, 0.2) is 0 Å². The maximum atomic E-state index is 5.68. The van der Waals surface area contributed by atoms with Crippen LogP contribution in [0.4, 0.5) is 5.82 Å². The molecule has 24 heavy (non-hydrogen) atoms. The molecule has 0 amide bonds. The number of hydrogen-bond acceptors (Lipinski definition) is 7. The zero-order valence-corrected chi connectivity index (χ0v) is 13.9. The first-order valence-corrected chi connectivity index (χ1v) is 8.61. The van der Waals surface area contributed by atoms with Crippen molar-refractivity contribution in [2.24, 2.45) is 0 Å². The summed E-state index contributed by atoms with van der Waals surface area (Å²) in [4.78, 5) is 11.5. The van der Waals surface area contributed by atoms with Gasteiger partial charge in [-0.15, -0.1) is 0 Å². The molecule has 2 aliphatic rings. The largest absolute Gasteiger partial charge is 0.378 e. The molecule has 0 bridgehead atoms. The standard InChI is InChI=1S/C17H23N5O2/c1-12-9-14(21-24-12)10-22-7-8-23-11-15(22)17-18-6-5-16(20-17)19-13-3-2-4-13/h5-6,9,13,15H,2-4,7-8,10-11H2,1H3,(H,18,19,20)/t15-/m0/s1. The molecule has 3 heterocycles. The Morgan fingerprint density at radius 2 is 2.29 bits per heavy atom. The number of aryl methyl sites for hydroxylation is 1. The molecule has 7 nitrogen and oxygen atoms in total. The highest BCUT2D eigenvalue weighted by atomic mass is 16.5. The predicted octanol–water partition coefficient (Wildman–Crippen LogP) is 2.31. The van der Waals surface area contributed by atoms with Crippen molar-refractivity contribution < 1.29 is 9.26 Å². The van der Waals surface area contributed by atoms with E-state index in [1.165, 1.54) is 19.3 Å². The third kappa shape index (κ3) is 3.42. The molecule has 1 aliphatic carbocycles.